The summed E-state index contributed by atoms with van der Waals surface area (Å²) >= 11 is 0. The lowest BCUT2D eigenvalue weighted by Crippen LogP contribution is -2.53. The summed E-state index contributed by atoms with van der Waals surface area (Å²) in [7, 11) is 0. The van der Waals surface area contributed by atoms with Gasteiger partial charge in [-0.3, -0.25) is 0 Å². The summed E-state index contributed by atoms with van der Waals surface area (Å²) in [5, 5.41) is 13.4. The molecule has 0 aliphatic heterocycles. The predicted molar refractivity (Wildman–Crippen MR) is 96.4 cm³/mol. The van der Waals surface area contributed by atoms with Gasteiger partial charge in [0.05, 0.1) is 0 Å². The molecule has 0 bridgehead atoms. The van der Waals surface area contributed by atoms with Crippen molar-refractivity contribution < 1.29 is 9.90 Å². The summed E-state index contributed by atoms with van der Waals surface area (Å²) in [6.07, 6.45) is 4.51. The largest absolute Gasteiger partial charge is 0.465 e. The van der Waals surface area contributed by atoms with Gasteiger partial charge in [-0.05, 0) is 58.4 Å². The molecule has 1 aromatic carbocycles. The second-order valence-corrected chi connectivity index (χ2v) is 8.35. The van der Waals surface area contributed by atoms with E-state index in [4.69, 9.17) is 0 Å². The van der Waals surface area contributed by atoms with E-state index in [1.165, 1.54) is 12.0 Å². The fourth-order valence-corrected chi connectivity index (χ4v) is 4.24. The van der Waals surface area contributed by atoms with Gasteiger partial charge in [-0.15, -0.1) is 0 Å². The van der Waals surface area contributed by atoms with Gasteiger partial charge in [0.2, 0.25) is 0 Å². The molecule has 0 aromatic heterocycles. The molecular formula is C20H30N2O2. The standard InChI is InChI=1S/C20H30N2O2/c1-20(2,3)22(19(23)24)16-11-9-15(10-12-16)21-18-13-17(18)14-7-5-4-6-8-14/h4-8,15-18,21H,9-13H2,1-3H3,(H,23,24). The van der Waals surface area contributed by atoms with Crippen LogP contribution < -0.4 is 5.32 Å². The van der Waals surface area contributed by atoms with Crippen LogP contribution in [0.1, 0.15) is 64.4 Å². The zero-order chi connectivity index (χ0) is 17.3. The van der Waals surface area contributed by atoms with Gasteiger partial charge in [0.15, 0.2) is 0 Å². The first-order chi connectivity index (χ1) is 11.4. The normalized spacial score (nSPS) is 30.0. The van der Waals surface area contributed by atoms with Crippen LogP contribution in [0.3, 0.4) is 0 Å². The van der Waals surface area contributed by atoms with Crippen molar-refractivity contribution in [3.63, 3.8) is 0 Å². The summed E-state index contributed by atoms with van der Waals surface area (Å²) < 4.78 is 0. The van der Waals surface area contributed by atoms with Crippen LogP contribution in [0, 0.1) is 0 Å². The Morgan fingerprint density at radius 3 is 2.29 bits per heavy atom. The molecule has 0 radical (unpaired) electrons. The van der Waals surface area contributed by atoms with Gasteiger partial charge in [0.25, 0.3) is 0 Å². The molecule has 132 valence electrons. The Hall–Kier alpha value is -1.55. The van der Waals surface area contributed by atoms with Crippen LogP contribution in [-0.4, -0.2) is 39.8 Å². The number of hydrogen-bond acceptors (Lipinski definition) is 2. The maximum absolute atomic E-state index is 11.6. The fourth-order valence-electron chi connectivity index (χ4n) is 4.24. The van der Waals surface area contributed by atoms with Crippen LogP contribution in [0.5, 0.6) is 0 Å². The summed E-state index contributed by atoms with van der Waals surface area (Å²) in [5.74, 6) is 0.661. The van der Waals surface area contributed by atoms with Crippen molar-refractivity contribution in [2.75, 3.05) is 0 Å². The molecule has 1 aromatic rings. The van der Waals surface area contributed by atoms with E-state index in [1.54, 1.807) is 4.90 Å². The molecule has 0 spiro atoms. The molecule has 4 nitrogen and oxygen atoms in total. The lowest BCUT2D eigenvalue weighted by Gasteiger charge is -2.42. The third-order valence-corrected chi connectivity index (χ3v) is 5.46. The molecule has 0 heterocycles. The van der Waals surface area contributed by atoms with Gasteiger partial charge in [-0.25, -0.2) is 4.79 Å². The number of carbonyl (C=O) groups is 1. The lowest BCUT2D eigenvalue weighted by atomic mass is 9.88. The third kappa shape index (κ3) is 3.92. The Morgan fingerprint density at radius 2 is 1.75 bits per heavy atom. The number of rotatable bonds is 4. The monoisotopic (exact) mass is 330 g/mol. The third-order valence-electron chi connectivity index (χ3n) is 5.46. The Balaban J connectivity index is 1.49. The molecule has 2 aliphatic rings. The number of amides is 1. The van der Waals surface area contributed by atoms with Crippen molar-refractivity contribution in [1.82, 2.24) is 10.2 Å². The highest BCUT2D eigenvalue weighted by Crippen LogP contribution is 2.41. The maximum Gasteiger partial charge on any atom is 0.407 e. The quantitative estimate of drug-likeness (QED) is 0.869. The van der Waals surface area contributed by atoms with Crippen molar-refractivity contribution in [2.24, 2.45) is 0 Å². The van der Waals surface area contributed by atoms with E-state index < -0.39 is 6.09 Å². The summed E-state index contributed by atoms with van der Waals surface area (Å²) in [5.41, 5.74) is 1.11. The molecule has 2 unspecified atom stereocenters. The highest BCUT2D eigenvalue weighted by atomic mass is 16.4. The van der Waals surface area contributed by atoms with E-state index in [2.05, 4.69) is 35.6 Å². The van der Waals surface area contributed by atoms with Crippen LogP contribution in [0.2, 0.25) is 0 Å². The van der Waals surface area contributed by atoms with Gasteiger partial charge in [0, 0.05) is 29.6 Å². The number of carboxylic acid groups (broad SMARTS) is 1. The van der Waals surface area contributed by atoms with Crippen LogP contribution in [0.4, 0.5) is 4.79 Å². The molecule has 0 saturated heterocycles. The molecule has 2 atom stereocenters. The fraction of sp³-hybridized carbons (Fsp3) is 0.650. The number of benzene rings is 1. The van der Waals surface area contributed by atoms with Gasteiger partial charge < -0.3 is 15.3 Å². The van der Waals surface area contributed by atoms with E-state index in [0.29, 0.717) is 18.0 Å². The summed E-state index contributed by atoms with van der Waals surface area (Å²) in [6, 6.07) is 12.0. The topological polar surface area (TPSA) is 52.6 Å². The average Bonchev–Trinajstić information content (AvgIpc) is 3.27. The minimum absolute atomic E-state index is 0.157. The van der Waals surface area contributed by atoms with Crippen molar-refractivity contribution >= 4 is 6.09 Å². The van der Waals surface area contributed by atoms with Crippen LogP contribution >= 0.6 is 0 Å². The first kappa shape index (κ1) is 17.3. The molecular weight excluding hydrogens is 300 g/mol. The van der Waals surface area contributed by atoms with Crippen LogP contribution in [0.15, 0.2) is 30.3 Å². The highest BCUT2D eigenvalue weighted by Gasteiger charge is 2.41. The average molecular weight is 330 g/mol. The van der Waals surface area contributed by atoms with Gasteiger partial charge >= 0.3 is 6.09 Å². The molecule has 1 amide bonds. The smallest absolute Gasteiger partial charge is 0.407 e. The zero-order valence-corrected chi connectivity index (χ0v) is 15.0. The molecule has 2 aliphatic carbocycles. The Bertz CT molecular complexity index is 559. The van der Waals surface area contributed by atoms with Gasteiger partial charge in [0.1, 0.15) is 0 Å². The van der Waals surface area contributed by atoms with E-state index in [1.807, 2.05) is 20.8 Å². The van der Waals surface area contributed by atoms with Crippen molar-refractivity contribution in [1.29, 1.82) is 0 Å². The minimum atomic E-state index is -0.787. The molecule has 3 rings (SSSR count). The Kier molecular flexibility index (Phi) is 4.86. The summed E-state index contributed by atoms with van der Waals surface area (Å²) in [4.78, 5) is 13.3. The first-order valence-corrected chi connectivity index (χ1v) is 9.19. The highest BCUT2D eigenvalue weighted by molar-refractivity contribution is 5.66. The van der Waals surface area contributed by atoms with E-state index in [9.17, 15) is 9.90 Å². The Morgan fingerprint density at radius 1 is 1.12 bits per heavy atom. The van der Waals surface area contributed by atoms with E-state index in [-0.39, 0.29) is 11.6 Å². The second kappa shape index (κ2) is 6.75. The van der Waals surface area contributed by atoms with Crippen molar-refractivity contribution in [2.45, 2.75) is 82.5 Å². The molecule has 2 fully saturated rings. The number of nitrogens with zero attached hydrogens (tertiary/aromatic N) is 1. The van der Waals surface area contributed by atoms with Crippen molar-refractivity contribution in [3.05, 3.63) is 35.9 Å². The maximum atomic E-state index is 11.6. The molecule has 4 heteroatoms. The minimum Gasteiger partial charge on any atom is -0.465 e. The molecule has 2 saturated carbocycles. The van der Waals surface area contributed by atoms with Gasteiger partial charge in [-0.2, -0.15) is 0 Å². The first-order valence-electron chi connectivity index (χ1n) is 9.19. The van der Waals surface area contributed by atoms with Crippen LogP contribution in [-0.2, 0) is 0 Å². The molecule has 2 N–H and O–H groups in total. The van der Waals surface area contributed by atoms with Crippen molar-refractivity contribution in [3.8, 4) is 0 Å². The van der Waals surface area contributed by atoms with Crippen LogP contribution in [0.25, 0.3) is 0 Å². The Labute approximate surface area is 145 Å². The lowest BCUT2D eigenvalue weighted by molar-refractivity contribution is 0.0530. The second-order valence-electron chi connectivity index (χ2n) is 8.35. The predicted octanol–water partition coefficient (Wildman–Crippen LogP) is 4.22. The summed E-state index contributed by atoms with van der Waals surface area (Å²) in [6.45, 7) is 5.96. The van der Waals surface area contributed by atoms with Gasteiger partial charge in [-0.1, -0.05) is 30.3 Å². The number of nitrogens with one attached hydrogen (secondary N) is 1. The zero-order valence-electron chi connectivity index (χ0n) is 15.0. The molecule has 24 heavy (non-hydrogen) atoms. The SMILES string of the molecule is CC(C)(C)N(C(=O)O)C1CCC(NC2CC2c2ccccc2)CC1. The van der Waals surface area contributed by atoms with E-state index in [0.717, 1.165) is 25.7 Å². The van der Waals surface area contributed by atoms with E-state index >= 15 is 0 Å². The number of hydrogen-bond donors (Lipinski definition) is 2.